The van der Waals surface area contributed by atoms with Crippen molar-refractivity contribution in [3.05, 3.63) is 23.8 Å². The number of nitrogens with zero attached hydrogens (tertiary/aromatic N) is 1. The van der Waals surface area contributed by atoms with E-state index in [1.165, 1.54) is 0 Å². The lowest BCUT2D eigenvalue weighted by molar-refractivity contribution is -0.116. The summed E-state index contributed by atoms with van der Waals surface area (Å²) in [6.07, 6.45) is 2.31. The number of anilines is 2. The van der Waals surface area contributed by atoms with E-state index >= 15 is 0 Å². The zero-order valence-corrected chi connectivity index (χ0v) is 12.3. The summed E-state index contributed by atoms with van der Waals surface area (Å²) in [6.45, 7) is 2.72. The molecule has 0 atom stereocenters. The molecule has 0 radical (unpaired) electrons. The fourth-order valence-electron chi connectivity index (χ4n) is 1.81. The van der Waals surface area contributed by atoms with Crippen molar-refractivity contribution < 1.29 is 9.53 Å². The van der Waals surface area contributed by atoms with Gasteiger partial charge in [-0.25, -0.2) is 0 Å². The van der Waals surface area contributed by atoms with Crippen molar-refractivity contribution in [2.75, 3.05) is 38.0 Å². The highest BCUT2D eigenvalue weighted by Crippen LogP contribution is 2.21. The first kappa shape index (κ1) is 15.5. The molecule has 106 valence electrons. The molecule has 1 N–H and O–H groups in total. The first-order valence-corrected chi connectivity index (χ1v) is 6.61. The summed E-state index contributed by atoms with van der Waals surface area (Å²) in [5.74, 6) is 0.0665. The van der Waals surface area contributed by atoms with Crippen LogP contribution >= 0.6 is 0 Å². The molecule has 1 amide bonds. The fourth-order valence-corrected chi connectivity index (χ4v) is 1.81. The summed E-state index contributed by atoms with van der Waals surface area (Å²) in [4.78, 5) is 13.8. The molecule has 0 saturated carbocycles. The summed E-state index contributed by atoms with van der Waals surface area (Å²) < 4.78 is 4.96. The van der Waals surface area contributed by atoms with Crippen LogP contribution in [-0.4, -0.2) is 33.7 Å². The highest BCUT2D eigenvalue weighted by atomic mass is 16.5. The van der Waals surface area contributed by atoms with Gasteiger partial charge in [-0.3, -0.25) is 4.79 Å². The number of aryl methyl sites for hydroxylation is 1. The Morgan fingerprint density at radius 3 is 2.63 bits per heavy atom. The smallest absolute Gasteiger partial charge is 0.224 e. The van der Waals surface area contributed by atoms with Crippen LogP contribution in [0.15, 0.2) is 18.2 Å². The first-order chi connectivity index (χ1) is 9.04. The molecule has 0 spiro atoms. The summed E-state index contributed by atoms with van der Waals surface area (Å²) in [5.41, 5.74) is 3.11. The number of hydrogen-bond acceptors (Lipinski definition) is 3. The Kier molecular flexibility index (Phi) is 6.36. The molecule has 19 heavy (non-hydrogen) atoms. The summed E-state index contributed by atoms with van der Waals surface area (Å²) in [6, 6.07) is 6.03. The monoisotopic (exact) mass is 264 g/mol. The molecule has 0 aliphatic carbocycles. The maximum Gasteiger partial charge on any atom is 0.224 e. The Morgan fingerprint density at radius 1 is 1.32 bits per heavy atom. The van der Waals surface area contributed by atoms with Gasteiger partial charge in [0.1, 0.15) is 0 Å². The van der Waals surface area contributed by atoms with Gasteiger partial charge in [0, 0.05) is 45.6 Å². The average Bonchev–Trinajstić information content (AvgIpc) is 2.37. The third-order valence-electron chi connectivity index (χ3n) is 3.00. The van der Waals surface area contributed by atoms with Gasteiger partial charge in [-0.2, -0.15) is 0 Å². The zero-order valence-electron chi connectivity index (χ0n) is 12.3. The number of hydrogen-bond donors (Lipinski definition) is 1. The van der Waals surface area contributed by atoms with E-state index < -0.39 is 0 Å². The van der Waals surface area contributed by atoms with E-state index in [9.17, 15) is 4.79 Å². The Labute approximate surface area is 115 Å². The minimum atomic E-state index is 0.0665. The fraction of sp³-hybridized carbons (Fsp3) is 0.533. The maximum atomic E-state index is 11.8. The largest absolute Gasteiger partial charge is 0.385 e. The van der Waals surface area contributed by atoms with E-state index in [2.05, 4.69) is 11.4 Å². The second-order valence-corrected chi connectivity index (χ2v) is 4.89. The maximum absolute atomic E-state index is 11.8. The molecule has 1 aromatic rings. The Bertz CT molecular complexity index is 417. The Morgan fingerprint density at radius 2 is 2.05 bits per heavy atom. The van der Waals surface area contributed by atoms with E-state index in [1.54, 1.807) is 7.11 Å². The number of carbonyl (C=O) groups is 1. The lowest BCUT2D eigenvalue weighted by Gasteiger charge is -2.15. The number of amides is 1. The van der Waals surface area contributed by atoms with Crippen LogP contribution in [0.25, 0.3) is 0 Å². The third kappa shape index (κ3) is 5.30. The second-order valence-electron chi connectivity index (χ2n) is 4.89. The number of unbranched alkanes of at least 4 members (excludes halogenated alkanes) is 1. The minimum Gasteiger partial charge on any atom is -0.385 e. The van der Waals surface area contributed by atoms with Crippen LogP contribution in [0.5, 0.6) is 0 Å². The zero-order chi connectivity index (χ0) is 14.3. The molecule has 0 aliphatic rings. The van der Waals surface area contributed by atoms with Gasteiger partial charge in [-0.1, -0.05) is 0 Å². The number of ether oxygens (including phenoxy) is 1. The lowest BCUT2D eigenvalue weighted by atomic mass is 10.1. The lowest BCUT2D eigenvalue weighted by Crippen LogP contribution is -2.13. The molecular weight excluding hydrogens is 240 g/mol. The molecule has 0 saturated heterocycles. The molecular formula is C15H24N2O2. The van der Waals surface area contributed by atoms with Gasteiger partial charge >= 0.3 is 0 Å². The van der Waals surface area contributed by atoms with Crippen molar-refractivity contribution in [1.29, 1.82) is 0 Å². The van der Waals surface area contributed by atoms with Gasteiger partial charge in [0.15, 0.2) is 0 Å². The SMILES string of the molecule is COCCCCC(=O)Nc1ccc(N(C)C)cc1C. The summed E-state index contributed by atoms with van der Waals surface area (Å²) in [7, 11) is 5.68. The van der Waals surface area contributed by atoms with Gasteiger partial charge < -0.3 is 15.0 Å². The normalized spacial score (nSPS) is 10.3. The van der Waals surface area contributed by atoms with Gasteiger partial charge in [-0.15, -0.1) is 0 Å². The predicted octanol–water partition coefficient (Wildman–Crippen LogP) is 2.82. The van der Waals surface area contributed by atoms with Crippen LogP contribution in [-0.2, 0) is 9.53 Å². The standard InChI is InChI=1S/C15H24N2O2/c1-12-11-13(17(2)3)8-9-14(12)16-15(18)7-5-6-10-19-4/h8-9,11H,5-7,10H2,1-4H3,(H,16,18). The average molecular weight is 264 g/mol. The molecule has 1 rings (SSSR count). The van der Waals surface area contributed by atoms with Crippen molar-refractivity contribution in [1.82, 2.24) is 0 Å². The molecule has 0 bridgehead atoms. The van der Waals surface area contributed by atoms with E-state index in [0.29, 0.717) is 13.0 Å². The van der Waals surface area contributed by atoms with Crippen molar-refractivity contribution in [2.45, 2.75) is 26.2 Å². The number of benzene rings is 1. The van der Waals surface area contributed by atoms with Crippen molar-refractivity contribution >= 4 is 17.3 Å². The van der Waals surface area contributed by atoms with E-state index in [4.69, 9.17) is 4.74 Å². The van der Waals surface area contributed by atoms with Crippen molar-refractivity contribution in [2.24, 2.45) is 0 Å². The van der Waals surface area contributed by atoms with Crippen molar-refractivity contribution in [3.8, 4) is 0 Å². The molecule has 4 heteroatoms. The first-order valence-electron chi connectivity index (χ1n) is 6.61. The molecule has 0 aromatic heterocycles. The summed E-state index contributed by atoms with van der Waals surface area (Å²) >= 11 is 0. The predicted molar refractivity (Wildman–Crippen MR) is 79.9 cm³/mol. The third-order valence-corrected chi connectivity index (χ3v) is 3.00. The topological polar surface area (TPSA) is 41.6 Å². The van der Waals surface area contributed by atoms with Gasteiger partial charge in [0.05, 0.1) is 0 Å². The van der Waals surface area contributed by atoms with E-state index in [1.807, 2.05) is 38.1 Å². The van der Waals surface area contributed by atoms with Crippen LogP contribution in [0, 0.1) is 6.92 Å². The van der Waals surface area contributed by atoms with Crippen LogP contribution in [0.2, 0.25) is 0 Å². The highest BCUT2D eigenvalue weighted by Gasteiger charge is 2.06. The summed E-state index contributed by atoms with van der Waals surface area (Å²) in [5, 5.41) is 2.95. The van der Waals surface area contributed by atoms with E-state index in [-0.39, 0.29) is 5.91 Å². The number of carbonyl (C=O) groups excluding carboxylic acids is 1. The number of methoxy groups -OCH3 is 1. The van der Waals surface area contributed by atoms with Gasteiger partial charge in [-0.05, 0) is 43.5 Å². The number of nitrogens with one attached hydrogen (secondary N) is 1. The van der Waals surface area contributed by atoms with Gasteiger partial charge in [0.2, 0.25) is 5.91 Å². The van der Waals surface area contributed by atoms with Crippen LogP contribution in [0.4, 0.5) is 11.4 Å². The van der Waals surface area contributed by atoms with Crippen LogP contribution in [0.1, 0.15) is 24.8 Å². The Balaban J connectivity index is 2.50. The molecule has 0 fully saturated rings. The van der Waals surface area contributed by atoms with E-state index in [0.717, 1.165) is 29.8 Å². The van der Waals surface area contributed by atoms with Crippen LogP contribution < -0.4 is 10.2 Å². The molecule has 1 aromatic carbocycles. The quantitative estimate of drug-likeness (QED) is 0.770. The van der Waals surface area contributed by atoms with Gasteiger partial charge in [0.25, 0.3) is 0 Å². The molecule has 0 unspecified atom stereocenters. The van der Waals surface area contributed by atoms with Crippen molar-refractivity contribution in [3.63, 3.8) is 0 Å². The molecule has 0 heterocycles. The molecule has 4 nitrogen and oxygen atoms in total. The minimum absolute atomic E-state index is 0.0665. The molecule has 0 aliphatic heterocycles. The number of rotatable bonds is 7. The Hall–Kier alpha value is -1.55. The van der Waals surface area contributed by atoms with Crippen LogP contribution in [0.3, 0.4) is 0 Å². The highest BCUT2D eigenvalue weighted by molar-refractivity contribution is 5.91. The second kappa shape index (κ2) is 7.79.